The average molecular weight is 524 g/mol. The van der Waals surface area contributed by atoms with Gasteiger partial charge in [0.15, 0.2) is 0 Å². The molecule has 0 fully saturated rings. The maximum absolute atomic E-state index is 13.4. The van der Waals surface area contributed by atoms with Crippen LogP contribution in [0.25, 0.3) is 11.0 Å². The Bertz CT molecular complexity index is 1450. The van der Waals surface area contributed by atoms with E-state index >= 15 is 0 Å². The van der Waals surface area contributed by atoms with Crippen molar-refractivity contribution in [1.29, 1.82) is 0 Å². The first-order valence-electron chi connectivity index (χ1n) is 11.8. The standard InChI is InChI=1S/C26H29N5O3S2/c1-4-31(5-2)20-14-15-21(18(3)16-20)27-26(32)23(17-19-10-7-6-8-11-19)30-36(33,34)24-13-9-12-22-25(24)29-35-28-22/h6-16,23,30H,4-5,17H2,1-3H3,(H,27,32). The normalized spacial score (nSPS) is 12.4. The highest BCUT2D eigenvalue weighted by atomic mass is 32.2. The Morgan fingerprint density at radius 1 is 1.00 bits per heavy atom. The second-order valence-electron chi connectivity index (χ2n) is 8.41. The fourth-order valence-electron chi connectivity index (χ4n) is 4.08. The van der Waals surface area contributed by atoms with E-state index in [0.29, 0.717) is 11.2 Å². The van der Waals surface area contributed by atoms with Gasteiger partial charge in [0.25, 0.3) is 0 Å². The Kier molecular flexibility index (Phi) is 7.97. The lowest BCUT2D eigenvalue weighted by molar-refractivity contribution is -0.117. The minimum absolute atomic E-state index is 0.000585. The van der Waals surface area contributed by atoms with E-state index in [1.165, 1.54) is 6.07 Å². The number of amides is 1. The van der Waals surface area contributed by atoms with Crippen molar-refractivity contribution in [1.82, 2.24) is 13.5 Å². The molecule has 4 aromatic rings. The first kappa shape index (κ1) is 25.7. The number of anilines is 2. The molecule has 8 nitrogen and oxygen atoms in total. The molecule has 0 radical (unpaired) electrons. The Labute approximate surface area is 215 Å². The Morgan fingerprint density at radius 3 is 2.44 bits per heavy atom. The van der Waals surface area contributed by atoms with Crippen molar-refractivity contribution >= 4 is 50.1 Å². The van der Waals surface area contributed by atoms with Crippen LogP contribution in [0.2, 0.25) is 0 Å². The number of aryl methyl sites for hydroxylation is 1. The zero-order valence-corrected chi connectivity index (χ0v) is 22.1. The van der Waals surface area contributed by atoms with Crippen molar-refractivity contribution in [3.8, 4) is 0 Å². The molecule has 0 saturated heterocycles. The van der Waals surface area contributed by atoms with Crippen molar-refractivity contribution in [3.05, 3.63) is 77.9 Å². The predicted molar refractivity (Wildman–Crippen MR) is 145 cm³/mol. The molecule has 1 aromatic heterocycles. The number of carbonyl (C=O) groups is 1. The molecule has 0 aliphatic heterocycles. The summed E-state index contributed by atoms with van der Waals surface area (Å²) >= 11 is 0.946. The number of rotatable bonds is 10. The SMILES string of the molecule is CCN(CC)c1ccc(NC(=O)C(Cc2ccccc2)NS(=O)(=O)c2cccc3nsnc23)c(C)c1. The molecular weight excluding hydrogens is 494 g/mol. The lowest BCUT2D eigenvalue weighted by Crippen LogP contribution is -2.45. The molecule has 188 valence electrons. The van der Waals surface area contributed by atoms with Crippen LogP contribution in [-0.4, -0.2) is 42.2 Å². The van der Waals surface area contributed by atoms with E-state index < -0.39 is 22.0 Å². The topological polar surface area (TPSA) is 104 Å². The summed E-state index contributed by atoms with van der Waals surface area (Å²) in [6.07, 6.45) is 0.188. The van der Waals surface area contributed by atoms with E-state index in [-0.39, 0.29) is 16.8 Å². The van der Waals surface area contributed by atoms with Gasteiger partial charge in [0.2, 0.25) is 15.9 Å². The van der Waals surface area contributed by atoms with Gasteiger partial charge in [-0.2, -0.15) is 13.5 Å². The molecule has 1 unspecified atom stereocenters. The summed E-state index contributed by atoms with van der Waals surface area (Å²) in [5.74, 6) is -0.440. The molecule has 2 N–H and O–H groups in total. The Morgan fingerprint density at radius 2 is 1.75 bits per heavy atom. The highest BCUT2D eigenvalue weighted by Gasteiger charge is 2.28. The number of benzene rings is 3. The minimum atomic E-state index is -4.06. The van der Waals surface area contributed by atoms with Crippen LogP contribution in [0.5, 0.6) is 0 Å². The number of nitrogens with zero attached hydrogens (tertiary/aromatic N) is 3. The van der Waals surface area contributed by atoms with Crippen molar-refractivity contribution in [2.45, 2.75) is 38.1 Å². The van der Waals surface area contributed by atoms with E-state index in [2.05, 4.69) is 37.5 Å². The molecule has 36 heavy (non-hydrogen) atoms. The third kappa shape index (κ3) is 5.72. The molecule has 0 aliphatic rings. The van der Waals surface area contributed by atoms with Crippen LogP contribution in [-0.2, 0) is 21.2 Å². The fourth-order valence-corrected chi connectivity index (χ4v) is 6.04. The largest absolute Gasteiger partial charge is 0.372 e. The highest BCUT2D eigenvalue weighted by Crippen LogP contribution is 2.24. The summed E-state index contributed by atoms with van der Waals surface area (Å²) in [4.78, 5) is 15.7. The number of carbonyl (C=O) groups excluding carboxylic acids is 1. The van der Waals surface area contributed by atoms with Crippen molar-refractivity contribution < 1.29 is 13.2 Å². The number of sulfonamides is 1. The summed E-state index contributed by atoms with van der Waals surface area (Å²) in [6, 6.07) is 18.9. The molecule has 3 aromatic carbocycles. The van der Waals surface area contributed by atoms with Crippen LogP contribution in [0, 0.1) is 6.92 Å². The van der Waals surface area contributed by atoms with E-state index in [9.17, 15) is 13.2 Å². The molecule has 0 saturated carbocycles. The number of hydrogen-bond donors (Lipinski definition) is 2. The van der Waals surface area contributed by atoms with Crippen LogP contribution in [0.1, 0.15) is 25.0 Å². The minimum Gasteiger partial charge on any atom is -0.372 e. The quantitative estimate of drug-likeness (QED) is 0.320. The van der Waals surface area contributed by atoms with E-state index in [4.69, 9.17) is 0 Å². The van der Waals surface area contributed by atoms with Gasteiger partial charge in [0, 0.05) is 24.5 Å². The second-order valence-corrected chi connectivity index (χ2v) is 10.6. The summed E-state index contributed by atoms with van der Waals surface area (Å²) in [7, 11) is -4.06. The molecule has 1 heterocycles. The molecule has 0 aliphatic carbocycles. The van der Waals surface area contributed by atoms with Gasteiger partial charge >= 0.3 is 0 Å². The van der Waals surface area contributed by atoms with Gasteiger partial charge in [0.05, 0.1) is 11.7 Å². The van der Waals surface area contributed by atoms with Crippen LogP contribution in [0.15, 0.2) is 71.6 Å². The maximum Gasteiger partial charge on any atom is 0.243 e. The summed E-state index contributed by atoms with van der Waals surface area (Å²) in [5.41, 5.74) is 4.23. The van der Waals surface area contributed by atoms with Crippen LogP contribution >= 0.6 is 11.7 Å². The second kappa shape index (κ2) is 11.2. The predicted octanol–water partition coefficient (Wildman–Crippen LogP) is 4.37. The van der Waals surface area contributed by atoms with Crippen molar-refractivity contribution in [2.75, 3.05) is 23.3 Å². The van der Waals surface area contributed by atoms with E-state index in [1.807, 2.05) is 55.5 Å². The zero-order valence-electron chi connectivity index (χ0n) is 20.4. The summed E-state index contributed by atoms with van der Waals surface area (Å²) in [6.45, 7) is 7.87. The third-order valence-corrected chi connectivity index (χ3v) is 8.08. The van der Waals surface area contributed by atoms with Gasteiger partial charge in [0.1, 0.15) is 22.0 Å². The van der Waals surface area contributed by atoms with Crippen LogP contribution in [0.4, 0.5) is 11.4 Å². The molecule has 10 heteroatoms. The monoisotopic (exact) mass is 523 g/mol. The lowest BCUT2D eigenvalue weighted by atomic mass is 10.1. The zero-order chi connectivity index (χ0) is 25.7. The van der Waals surface area contributed by atoms with Gasteiger partial charge in [-0.15, -0.1) is 0 Å². The molecule has 4 rings (SSSR count). The molecule has 1 amide bonds. The van der Waals surface area contributed by atoms with Crippen LogP contribution < -0.4 is 14.9 Å². The first-order chi connectivity index (χ1) is 17.3. The summed E-state index contributed by atoms with van der Waals surface area (Å²) in [5, 5.41) is 2.93. The highest BCUT2D eigenvalue weighted by molar-refractivity contribution is 7.89. The van der Waals surface area contributed by atoms with Gasteiger partial charge in [-0.25, -0.2) is 8.42 Å². The van der Waals surface area contributed by atoms with Crippen molar-refractivity contribution in [3.63, 3.8) is 0 Å². The van der Waals surface area contributed by atoms with Gasteiger partial charge in [-0.1, -0.05) is 36.4 Å². The number of hydrogen-bond acceptors (Lipinski definition) is 7. The number of fused-ring (bicyclic) bond motifs is 1. The Balaban J connectivity index is 1.62. The molecule has 0 spiro atoms. The molecular formula is C26H29N5O3S2. The smallest absolute Gasteiger partial charge is 0.243 e. The van der Waals surface area contributed by atoms with Gasteiger partial charge < -0.3 is 10.2 Å². The fraction of sp³-hybridized carbons (Fsp3) is 0.269. The maximum atomic E-state index is 13.4. The van der Waals surface area contributed by atoms with Gasteiger partial charge in [-0.3, -0.25) is 4.79 Å². The molecule has 0 bridgehead atoms. The third-order valence-electron chi connectivity index (χ3n) is 6.03. The van der Waals surface area contributed by atoms with E-state index in [1.54, 1.807) is 12.1 Å². The van der Waals surface area contributed by atoms with Crippen molar-refractivity contribution in [2.24, 2.45) is 0 Å². The number of nitrogens with one attached hydrogen (secondary N) is 2. The molecule has 1 atom stereocenters. The summed E-state index contributed by atoms with van der Waals surface area (Å²) < 4.78 is 37.7. The van der Waals surface area contributed by atoms with Gasteiger partial charge in [-0.05, 0) is 68.7 Å². The lowest BCUT2D eigenvalue weighted by Gasteiger charge is -2.23. The Hall–Kier alpha value is -3.34. The number of aromatic nitrogens is 2. The van der Waals surface area contributed by atoms with E-state index in [0.717, 1.165) is 41.6 Å². The first-order valence-corrected chi connectivity index (χ1v) is 14.0. The van der Waals surface area contributed by atoms with Crippen LogP contribution in [0.3, 0.4) is 0 Å². The average Bonchev–Trinajstić information content (AvgIpc) is 3.35.